The Morgan fingerprint density at radius 2 is 2.10 bits per heavy atom. The smallest absolute Gasteiger partial charge is 0.316 e. The van der Waals surface area contributed by atoms with Crippen LogP contribution in [0.25, 0.3) is 21.8 Å². The van der Waals surface area contributed by atoms with Crippen molar-refractivity contribution in [1.29, 1.82) is 0 Å². The zero-order valence-corrected chi connectivity index (χ0v) is 23.7. The summed E-state index contributed by atoms with van der Waals surface area (Å²) in [6, 6.07) is 7.38. The van der Waals surface area contributed by atoms with Crippen molar-refractivity contribution < 1.29 is 13.9 Å². The third-order valence-corrected chi connectivity index (χ3v) is 7.88. The van der Waals surface area contributed by atoms with Crippen LogP contribution < -0.4 is 20.3 Å². The first kappa shape index (κ1) is 26.9. The first-order valence-electron chi connectivity index (χ1n) is 14.0. The number of ether oxygens (including phenoxy) is 1. The Kier molecular flexibility index (Phi) is 7.21. The number of carbonyl (C=O) groups is 1. The number of likely N-dealkylation sites (N-methyl/N-ethyl adjacent to an activating group) is 1. The molecule has 2 aliphatic rings. The molecule has 0 bridgehead atoms. The van der Waals surface area contributed by atoms with Crippen molar-refractivity contribution in [2.24, 2.45) is 7.05 Å². The van der Waals surface area contributed by atoms with Gasteiger partial charge in [-0.05, 0) is 57.6 Å². The van der Waals surface area contributed by atoms with Gasteiger partial charge < -0.3 is 25.2 Å². The lowest BCUT2D eigenvalue weighted by atomic mass is 10.0. The maximum Gasteiger partial charge on any atom is 0.316 e. The number of piperidine rings is 1. The first-order valence-corrected chi connectivity index (χ1v) is 14.0. The number of halogens is 1. The zero-order chi connectivity index (χ0) is 28.7. The Morgan fingerprint density at radius 1 is 1.24 bits per heavy atom. The molecule has 2 atom stereocenters. The molecular formula is C30H35FN8O2. The van der Waals surface area contributed by atoms with Crippen molar-refractivity contribution in [3.63, 3.8) is 0 Å². The summed E-state index contributed by atoms with van der Waals surface area (Å²) in [6.45, 7) is 9.13. The van der Waals surface area contributed by atoms with Gasteiger partial charge in [0.15, 0.2) is 5.82 Å². The Balaban J connectivity index is 1.35. The molecule has 2 aromatic carbocycles. The molecule has 10 nitrogen and oxygen atoms in total. The van der Waals surface area contributed by atoms with E-state index in [1.165, 1.54) is 18.9 Å². The van der Waals surface area contributed by atoms with E-state index in [0.717, 1.165) is 36.3 Å². The number of aryl methyl sites for hydroxylation is 1. The normalized spacial score (nSPS) is 19.9. The van der Waals surface area contributed by atoms with Crippen LogP contribution in [-0.4, -0.2) is 75.9 Å². The molecule has 2 aliphatic heterocycles. The van der Waals surface area contributed by atoms with E-state index >= 15 is 0 Å². The molecule has 4 heterocycles. The Bertz CT molecular complexity index is 1640. The van der Waals surface area contributed by atoms with Crippen LogP contribution in [0.3, 0.4) is 0 Å². The van der Waals surface area contributed by atoms with Gasteiger partial charge in [-0.1, -0.05) is 13.0 Å². The molecule has 0 aliphatic carbocycles. The lowest BCUT2D eigenvalue weighted by Gasteiger charge is -2.36. The van der Waals surface area contributed by atoms with Gasteiger partial charge in [-0.15, -0.1) is 0 Å². The van der Waals surface area contributed by atoms with Crippen molar-refractivity contribution >= 4 is 39.1 Å². The van der Waals surface area contributed by atoms with E-state index < -0.39 is 11.7 Å². The van der Waals surface area contributed by atoms with Crippen molar-refractivity contribution in [2.75, 3.05) is 43.5 Å². The fourth-order valence-corrected chi connectivity index (χ4v) is 5.87. The van der Waals surface area contributed by atoms with Gasteiger partial charge in [0.2, 0.25) is 0 Å². The average molecular weight is 559 g/mol. The van der Waals surface area contributed by atoms with Crippen molar-refractivity contribution in [3.05, 3.63) is 60.3 Å². The van der Waals surface area contributed by atoms with E-state index in [-0.39, 0.29) is 17.6 Å². The number of rotatable bonds is 6. The van der Waals surface area contributed by atoms with Crippen LogP contribution >= 0.6 is 0 Å². The maximum atomic E-state index is 14.7. The highest BCUT2D eigenvalue weighted by Gasteiger charge is 2.24. The number of likely N-dealkylation sites (tertiary alicyclic amines) is 1. The Hall–Kier alpha value is -4.25. The van der Waals surface area contributed by atoms with Crippen LogP contribution in [0, 0.1) is 5.82 Å². The number of fused-ring (bicyclic) bond motifs is 2. The molecule has 4 aromatic rings. The van der Waals surface area contributed by atoms with Crippen LogP contribution in [0.15, 0.2) is 48.9 Å². The van der Waals surface area contributed by atoms with Crippen molar-refractivity contribution in [3.8, 4) is 6.01 Å². The quantitative estimate of drug-likeness (QED) is 0.365. The summed E-state index contributed by atoms with van der Waals surface area (Å²) in [4.78, 5) is 27.4. The van der Waals surface area contributed by atoms with Crippen LogP contribution in [0.1, 0.15) is 36.5 Å². The van der Waals surface area contributed by atoms with E-state index in [1.807, 2.05) is 6.07 Å². The number of nitrogens with zero attached hydrogens (tertiary/aromatic N) is 6. The third kappa shape index (κ3) is 5.54. The molecule has 2 aromatic heterocycles. The monoisotopic (exact) mass is 558 g/mol. The minimum Gasteiger partial charge on any atom is -0.462 e. The molecule has 6 rings (SSSR count). The molecular weight excluding hydrogens is 523 g/mol. The summed E-state index contributed by atoms with van der Waals surface area (Å²) in [5.74, 6) is -0.906. The predicted molar refractivity (Wildman–Crippen MR) is 158 cm³/mol. The molecule has 1 amide bonds. The summed E-state index contributed by atoms with van der Waals surface area (Å²) in [5, 5.41) is 11.7. The van der Waals surface area contributed by atoms with Crippen LogP contribution in [-0.2, 0) is 7.05 Å². The van der Waals surface area contributed by atoms with Gasteiger partial charge >= 0.3 is 6.01 Å². The number of anilines is 2. The number of benzene rings is 2. The summed E-state index contributed by atoms with van der Waals surface area (Å²) in [5.41, 5.74) is 3.24. The van der Waals surface area contributed by atoms with Gasteiger partial charge in [-0.3, -0.25) is 9.48 Å². The predicted octanol–water partition coefficient (Wildman–Crippen LogP) is 4.08. The summed E-state index contributed by atoms with van der Waals surface area (Å²) in [6.07, 6.45) is 6.86. The van der Waals surface area contributed by atoms with Gasteiger partial charge in [-0.2, -0.15) is 10.1 Å². The van der Waals surface area contributed by atoms with Crippen molar-refractivity contribution in [1.82, 2.24) is 30.0 Å². The van der Waals surface area contributed by atoms with Gasteiger partial charge in [0, 0.05) is 65.9 Å². The van der Waals surface area contributed by atoms with Gasteiger partial charge in [-0.25, -0.2) is 9.37 Å². The highest BCUT2D eigenvalue weighted by Crippen LogP contribution is 2.32. The molecule has 214 valence electrons. The van der Waals surface area contributed by atoms with Crippen molar-refractivity contribution in [2.45, 2.75) is 38.3 Å². The lowest BCUT2D eigenvalue weighted by molar-refractivity contribution is 0.102. The van der Waals surface area contributed by atoms with Crippen LogP contribution in [0.4, 0.5) is 15.8 Å². The lowest BCUT2D eigenvalue weighted by Crippen LogP contribution is -2.47. The largest absolute Gasteiger partial charge is 0.462 e. The molecule has 0 radical (unpaired) electrons. The zero-order valence-electron chi connectivity index (χ0n) is 23.7. The fraction of sp³-hybridized carbons (Fsp3) is 0.400. The highest BCUT2D eigenvalue weighted by atomic mass is 19.1. The second-order valence-corrected chi connectivity index (χ2v) is 11.2. The van der Waals surface area contributed by atoms with Gasteiger partial charge in [0.1, 0.15) is 12.1 Å². The topological polar surface area (TPSA) is 100 Å². The first-order chi connectivity index (χ1) is 19.7. The molecule has 0 spiro atoms. The molecule has 41 heavy (non-hydrogen) atoms. The molecule has 2 fully saturated rings. The van der Waals surface area contributed by atoms with E-state index in [1.54, 1.807) is 36.3 Å². The van der Waals surface area contributed by atoms with E-state index in [4.69, 9.17) is 9.72 Å². The second kappa shape index (κ2) is 11.0. The summed E-state index contributed by atoms with van der Waals surface area (Å²) in [7, 11) is 3.84. The van der Waals surface area contributed by atoms with E-state index in [9.17, 15) is 9.18 Å². The molecule has 2 saturated heterocycles. The number of amides is 1. The Morgan fingerprint density at radius 3 is 2.90 bits per heavy atom. The summed E-state index contributed by atoms with van der Waals surface area (Å²) >= 11 is 0. The third-order valence-electron chi connectivity index (χ3n) is 7.88. The average Bonchev–Trinajstić information content (AvgIpc) is 3.32. The number of piperazine rings is 1. The molecule has 11 heteroatoms. The van der Waals surface area contributed by atoms with Gasteiger partial charge in [0.05, 0.1) is 17.6 Å². The number of hydrogen-bond acceptors (Lipinski definition) is 8. The molecule has 0 saturated carbocycles. The molecule has 1 unspecified atom stereocenters. The summed E-state index contributed by atoms with van der Waals surface area (Å²) < 4.78 is 22.3. The van der Waals surface area contributed by atoms with Crippen LogP contribution in [0.5, 0.6) is 6.01 Å². The van der Waals surface area contributed by atoms with E-state index in [0.29, 0.717) is 41.3 Å². The standard InChI is InChI=1S/C30H35FN8O2/c1-18-14-39(15-19(2)33-18)26-9-8-23(29(40)34-21-11-20-16-38(4)36-27(20)25(31)12-21)28-24(26)13-32-30(35-28)41-17-22-7-5-6-10-37(22)3/h8-9,11-13,16,19,22,33H,1,5-7,10,14-15,17H2,2-4H3,(H,34,40)/t19-,22?/m0/s1. The SMILES string of the molecule is C=C1CN(c2ccc(C(=O)Nc3cc(F)c4nn(C)cc4c3)c3nc(OCC4CCCCN4C)ncc23)C[C@H](C)N1. The van der Waals surface area contributed by atoms with E-state index in [2.05, 4.69) is 51.1 Å². The number of carbonyl (C=O) groups excluding carboxylic acids is 1. The number of aromatic nitrogens is 4. The fourth-order valence-electron chi connectivity index (χ4n) is 5.87. The minimum absolute atomic E-state index is 0.211. The van der Waals surface area contributed by atoms with Gasteiger partial charge in [0.25, 0.3) is 5.91 Å². The van der Waals surface area contributed by atoms with Crippen LogP contribution in [0.2, 0.25) is 0 Å². The maximum absolute atomic E-state index is 14.7. The number of nitrogens with one attached hydrogen (secondary N) is 2. The second-order valence-electron chi connectivity index (χ2n) is 11.2. The highest BCUT2D eigenvalue weighted by molar-refractivity contribution is 6.14. The number of hydrogen-bond donors (Lipinski definition) is 2. The minimum atomic E-state index is -0.502. The molecule has 2 N–H and O–H groups in total. The Labute approximate surface area is 238 Å².